The lowest BCUT2D eigenvalue weighted by molar-refractivity contribution is -0.137. The van der Waals surface area contributed by atoms with Crippen LogP contribution >= 0.6 is 0 Å². The summed E-state index contributed by atoms with van der Waals surface area (Å²) in [6.07, 6.45) is 3.05. The Morgan fingerprint density at radius 3 is 3.12 bits per heavy atom. The molecule has 0 aliphatic carbocycles. The van der Waals surface area contributed by atoms with Crippen LogP contribution in [0.3, 0.4) is 0 Å². The molecule has 17 heavy (non-hydrogen) atoms. The number of esters is 1. The third kappa shape index (κ3) is 2.50. The van der Waals surface area contributed by atoms with Gasteiger partial charge in [-0.1, -0.05) is 6.07 Å². The SMILES string of the molecule is CCOC(=O)/C=C/c1cccc2nc(C)nn12. The predicted molar refractivity (Wildman–Crippen MR) is 63.4 cm³/mol. The molecular formula is C12H13N3O2. The number of nitrogens with zero attached hydrogens (tertiary/aromatic N) is 3. The normalized spacial score (nSPS) is 11.2. The second-order valence-electron chi connectivity index (χ2n) is 3.47. The van der Waals surface area contributed by atoms with E-state index in [9.17, 15) is 4.79 Å². The average molecular weight is 231 g/mol. The monoisotopic (exact) mass is 231 g/mol. The Morgan fingerprint density at radius 2 is 2.35 bits per heavy atom. The van der Waals surface area contributed by atoms with E-state index in [0.29, 0.717) is 12.4 Å². The molecule has 5 heteroatoms. The van der Waals surface area contributed by atoms with Gasteiger partial charge < -0.3 is 4.74 Å². The van der Waals surface area contributed by atoms with E-state index in [1.807, 2.05) is 25.1 Å². The smallest absolute Gasteiger partial charge is 0.330 e. The molecule has 0 fully saturated rings. The van der Waals surface area contributed by atoms with Gasteiger partial charge in [0.15, 0.2) is 5.65 Å². The minimum absolute atomic E-state index is 0.360. The third-order valence-corrected chi connectivity index (χ3v) is 2.17. The van der Waals surface area contributed by atoms with Crippen molar-refractivity contribution >= 4 is 17.7 Å². The van der Waals surface area contributed by atoms with Crippen LogP contribution in [0.15, 0.2) is 24.3 Å². The summed E-state index contributed by atoms with van der Waals surface area (Å²) in [5, 5.41) is 4.24. The molecule has 0 aliphatic rings. The van der Waals surface area contributed by atoms with Gasteiger partial charge in [-0.05, 0) is 32.1 Å². The first kappa shape index (κ1) is 11.3. The van der Waals surface area contributed by atoms with Crippen molar-refractivity contribution in [3.8, 4) is 0 Å². The Hall–Kier alpha value is -2.17. The first-order valence-electron chi connectivity index (χ1n) is 5.38. The van der Waals surface area contributed by atoms with Crippen LogP contribution in [0.5, 0.6) is 0 Å². The van der Waals surface area contributed by atoms with Crippen molar-refractivity contribution in [1.29, 1.82) is 0 Å². The molecule has 0 saturated heterocycles. The summed E-state index contributed by atoms with van der Waals surface area (Å²) < 4.78 is 6.50. The van der Waals surface area contributed by atoms with Crippen molar-refractivity contribution in [3.05, 3.63) is 35.8 Å². The fourth-order valence-corrected chi connectivity index (χ4v) is 1.50. The highest BCUT2D eigenvalue weighted by atomic mass is 16.5. The number of pyridine rings is 1. The number of fused-ring (bicyclic) bond motifs is 1. The van der Waals surface area contributed by atoms with E-state index >= 15 is 0 Å². The van der Waals surface area contributed by atoms with Crippen molar-refractivity contribution < 1.29 is 9.53 Å². The molecule has 0 aliphatic heterocycles. The summed E-state index contributed by atoms with van der Waals surface area (Å²) in [5.74, 6) is 0.336. The van der Waals surface area contributed by atoms with E-state index in [-0.39, 0.29) is 5.97 Å². The Bertz CT molecular complexity index is 572. The quantitative estimate of drug-likeness (QED) is 0.595. The Labute approximate surface area is 98.7 Å². The van der Waals surface area contributed by atoms with Crippen LogP contribution in [0.25, 0.3) is 11.7 Å². The van der Waals surface area contributed by atoms with Crippen molar-refractivity contribution in [2.75, 3.05) is 6.61 Å². The minimum atomic E-state index is -0.360. The van der Waals surface area contributed by atoms with E-state index in [1.54, 1.807) is 17.5 Å². The van der Waals surface area contributed by atoms with Crippen LogP contribution in [-0.2, 0) is 9.53 Å². The van der Waals surface area contributed by atoms with Gasteiger partial charge >= 0.3 is 5.97 Å². The maximum Gasteiger partial charge on any atom is 0.330 e. The highest BCUT2D eigenvalue weighted by Gasteiger charge is 2.02. The lowest BCUT2D eigenvalue weighted by Crippen LogP contribution is -1.99. The molecule has 5 nitrogen and oxygen atoms in total. The van der Waals surface area contributed by atoms with Gasteiger partial charge in [0.05, 0.1) is 12.3 Å². The molecular weight excluding hydrogens is 218 g/mol. The number of aromatic nitrogens is 3. The number of aryl methyl sites for hydroxylation is 1. The molecule has 2 heterocycles. The lowest BCUT2D eigenvalue weighted by atomic mass is 10.3. The van der Waals surface area contributed by atoms with E-state index in [0.717, 1.165) is 11.3 Å². The summed E-state index contributed by atoms with van der Waals surface area (Å²) in [6.45, 7) is 3.97. The molecule has 0 N–H and O–H groups in total. The average Bonchev–Trinajstić information content (AvgIpc) is 2.67. The zero-order valence-electron chi connectivity index (χ0n) is 9.75. The van der Waals surface area contributed by atoms with Gasteiger partial charge in [0.25, 0.3) is 0 Å². The topological polar surface area (TPSA) is 56.5 Å². The van der Waals surface area contributed by atoms with Gasteiger partial charge in [0, 0.05) is 6.08 Å². The number of carbonyl (C=O) groups is 1. The molecule has 0 amide bonds. The van der Waals surface area contributed by atoms with Crippen LogP contribution in [0, 0.1) is 6.92 Å². The van der Waals surface area contributed by atoms with Crippen LogP contribution in [0.2, 0.25) is 0 Å². The maximum atomic E-state index is 11.2. The maximum absolute atomic E-state index is 11.2. The van der Waals surface area contributed by atoms with Gasteiger partial charge in [0.2, 0.25) is 0 Å². The van der Waals surface area contributed by atoms with E-state index in [2.05, 4.69) is 10.1 Å². The van der Waals surface area contributed by atoms with Crippen molar-refractivity contribution in [2.24, 2.45) is 0 Å². The zero-order chi connectivity index (χ0) is 12.3. The highest BCUT2D eigenvalue weighted by molar-refractivity contribution is 5.86. The molecule has 2 aromatic rings. The number of hydrogen-bond acceptors (Lipinski definition) is 4. The van der Waals surface area contributed by atoms with Gasteiger partial charge in [0.1, 0.15) is 5.82 Å². The fraction of sp³-hybridized carbons (Fsp3) is 0.250. The molecule has 0 radical (unpaired) electrons. The molecule has 0 spiro atoms. The highest BCUT2D eigenvalue weighted by Crippen LogP contribution is 2.07. The molecule has 0 unspecified atom stereocenters. The van der Waals surface area contributed by atoms with Crippen molar-refractivity contribution in [3.63, 3.8) is 0 Å². The second-order valence-corrected chi connectivity index (χ2v) is 3.47. The summed E-state index contributed by atoms with van der Waals surface area (Å²) in [7, 11) is 0. The summed E-state index contributed by atoms with van der Waals surface area (Å²) in [6, 6.07) is 5.59. The zero-order valence-corrected chi connectivity index (χ0v) is 9.75. The lowest BCUT2D eigenvalue weighted by Gasteiger charge is -1.98. The Kier molecular flexibility index (Phi) is 3.18. The minimum Gasteiger partial charge on any atom is -0.463 e. The third-order valence-electron chi connectivity index (χ3n) is 2.17. The molecule has 0 atom stereocenters. The van der Waals surface area contributed by atoms with E-state index < -0.39 is 0 Å². The van der Waals surface area contributed by atoms with E-state index in [4.69, 9.17) is 4.74 Å². The van der Waals surface area contributed by atoms with Crippen molar-refractivity contribution in [2.45, 2.75) is 13.8 Å². The second kappa shape index (κ2) is 4.78. The van der Waals surface area contributed by atoms with Crippen LogP contribution < -0.4 is 0 Å². The van der Waals surface area contributed by atoms with Gasteiger partial charge in [-0.25, -0.2) is 14.3 Å². The van der Waals surface area contributed by atoms with Crippen LogP contribution in [0.4, 0.5) is 0 Å². The molecule has 88 valence electrons. The number of carbonyl (C=O) groups excluding carboxylic acids is 1. The van der Waals surface area contributed by atoms with Crippen LogP contribution in [-0.4, -0.2) is 27.2 Å². The van der Waals surface area contributed by atoms with E-state index in [1.165, 1.54) is 6.08 Å². The number of hydrogen-bond donors (Lipinski definition) is 0. The summed E-state index contributed by atoms with van der Waals surface area (Å²) in [4.78, 5) is 15.4. The van der Waals surface area contributed by atoms with Gasteiger partial charge in [-0.2, -0.15) is 5.10 Å². The fourth-order valence-electron chi connectivity index (χ4n) is 1.50. The summed E-state index contributed by atoms with van der Waals surface area (Å²) >= 11 is 0. The number of ether oxygens (including phenoxy) is 1. The molecule has 0 aromatic carbocycles. The molecule has 2 rings (SSSR count). The first-order valence-corrected chi connectivity index (χ1v) is 5.38. The van der Waals surface area contributed by atoms with Gasteiger partial charge in [-0.15, -0.1) is 0 Å². The largest absolute Gasteiger partial charge is 0.463 e. The Morgan fingerprint density at radius 1 is 1.53 bits per heavy atom. The molecule has 2 aromatic heterocycles. The molecule has 0 saturated carbocycles. The Balaban J connectivity index is 2.32. The first-order chi connectivity index (χ1) is 8.20. The predicted octanol–water partition coefficient (Wildman–Crippen LogP) is 1.61. The number of rotatable bonds is 3. The standard InChI is InChI=1S/C12H13N3O2/c1-3-17-12(16)8-7-10-5-4-6-11-13-9(2)14-15(10)11/h4-8H,3H2,1-2H3/b8-7+. The molecule has 0 bridgehead atoms. The van der Waals surface area contributed by atoms with Gasteiger partial charge in [-0.3, -0.25) is 0 Å². The van der Waals surface area contributed by atoms with Crippen molar-refractivity contribution in [1.82, 2.24) is 14.6 Å². The summed E-state index contributed by atoms with van der Waals surface area (Å²) in [5.41, 5.74) is 1.55. The van der Waals surface area contributed by atoms with Crippen LogP contribution in [0.1, 0.15) is 18.4 Å².